The molecule has 0 spiro atoms. The fourth-order valence-electron chi connectivity index (χ4n) is 2.00. The summed E-state index contributed by atoms with van der Waals surface area (Å²) in [6, 6.07) is 6.15. The van der Waals surface area contributed by atoms with E-state index in [0.29, 0.717) is 18.1 Å². The van der Waals surface area contributed by atoms with Crippen molar-refractivity contribution in [2.75, 3.05) is 32.5 Å². The molecular weight excluding hydrogens is 290 g/mol. The Balaban J connectivity index is 1.99. The highest BCUT2D eigenvalue weighted by molar-refractivity contribution is 5.93. The number of aromatic nitrogens is 2. The van der Waals surface area contributed by atoms with Crippen LogP contribution in [0.2, 0.25) is 0 Å². The van der Waals surface area contributed by atoms with Crippen LogP contribution in [0.4, 0.5) is 11.6 Å². The molecule has 23 heavy (non-hydrogen) atoms. The third-order valence-electron chi connectivity index (χ3n) is 3.40. The zero-order valence-electron chi connectivity index (χ0n) is 14.1. The smallest absolute Gasteiger partial charge is 0.254 e. The molecule has 0 atom stereocenters. The van der Waals surface area contributed by atoms with Gasteiger partial charge in [-0.05, 0) is 45.1 Å². The van der Waals surface area contributed by atoms with Gasteiger partial charge in [-0.2, -0.15) is 0 Å². The quantitative estimate of drug-likeness (QED) is 0.855. The minimum Gasteiger partial charge on any atom is -0.351 e. The lowest BCUT2D eigenvalue weighted by atomic mass is 10.1. The number of hydrogen-bond acceptors (Lipinski definition) is 5. The van der Waals surface area contributed by atoms with Gasteiger partial charge in [-0.3, -0.25) is 4.79 Å². The Morgan fingerprint density at radius 3 is 2.52 bits per heavy atom. The number of amides is 1. The number of hydrogen-bond donors (Lipinski definition) is 2. The molecule has 0 radical (unpaired) electrons. The topological polar surface area (TPSA) is 70.2 Å². The molecule has 0 unspecified atom stereocenters. The van der Waals surface area contributed by atoms with Crippen molar-refractivity contribution in [3.05, 3.63) is 47.3 Å². The van der Waals surface area contributed by atoms with Crippen LogP contribution in [0.5, 0.6) is 0 Å². The molecule has 1 aromatic carbocycles. The SMILES string of the molecule is Cc1ccc(C)c(Nc2ncc(C(=O)NCCN(C)C)cn2)c1. The first-order chi connectivity index (χ1) is 11.0. The number of rotatable bonds is 6. The molecule has 0 saturated heterocycles. The highest BCUT2D eigenvalue weighted by atomic mass is 16.1. The average Bonchev–Trinajstić information content (AvgIpc) is 2.51. The van der Waals surface area contributed by atoms with Gasteiger partial charge in [-0.15, -0.1) is 0 Å². The maximum Gasteiger partial charge on any atom is 0.254 e. The van der Waals surface area contributed by atoms with Crippen LogP contribution in [0.25, 0.3) is 0 Å². The highest BCUT2D eigenvalue weighted by Gasteiger charge is 2.07. The first kappa shape index (κ1) is 16.9. The number of nitrogens with one attached hydrogen (secondary N) is 2. The molecule has 122 valence electrons. The van der Waals surface area contributed by atoms with Crippen molar-refractivity contribution in [2.45, 2.75) is 13.8 Å². The summed E-state index contributed by atoms with van der Waals surface area (Å²) < 4.78 is 0. The fourth-order valence-corrected chi connectivity index (χ4v) is 2.00. The molecule has 1 amide bonds. The summed E-state index contributed by atoms with van der Waals surface area (Å²) in [5.41, 5.74) is 3.70. The molecule has 0 aliphatic heterocycles. The maximum atomic E-state index is 12.0. The van der Waals surface area contributed by atoms with Gasteiger partial charge in [0.2, 0.25) is 5.95 Å². The van der Waals surface area contributed by atoms with Gasteiger partial charge in [0, 0.05) is 31.2 Å². The Hall–Kier alpha value is -2.47. The van der Waals surface area contributed by atoms with Crippen molar-refractivity contribution in [1.82, 2.24) is 20.2 Å². The van der Waals surface area contributed by atoms with Crippen LogP contribution in [0.15, 0.2) is 30.6 Å². The monoisotopic (exact) mass is 313 g/mol. The summed E-state index contributed by atoms with van der Waals surface area (Å²) in [6.07, 6.45) is 3.07. The zero-order chi connectivity index (χ0) is 16.8. The molecule has 6 heteroatoms. The van der Waals surface area contributed by atoms with Crippen molar-refractivity contribution < 1.29 is 4.79 Å². The lowest BCUT2D eigenvalue weighted by molar-refractivity contribution is 0.0950. The predicted molar refractivity (Wildman–Crippen MR) is 92.1 cm³/mol. The van der Waals surface area contributed by atoms with Gasteiger partial charge in [0.25, 0.3) is 5.91 Å². The van der Waals surface area contributed by atoms with E-state index in [4.69, 9.17) is 0 Å². The second-order valence-corrected chi connectivity index (χ2v) is 5.80. The Morgan fingerprint density at radius 2 is 1.87 bits per heavy atom. The minimum atomic E-state index is -0.162. The average molecular weight is 313 g/mol. The lowest BCUT2D eigenvalue weighted by Gasteiger charge is -2.11. The molecule has 2 N–H and O–H groups in total. The Morgan fingerprint density at radius 1 is 1.17 bits per heavy atom. The summed E-state index contributed by atoms with van der Waals surface area (Å²) in [7, 11) is 3.92. The molecule has 0 fully saturated rings. The predicted octanol–water partition coefficient (Wildman–Crippen LogP) is 2.13. The summed E-state index contributed by atoms with van der Waals surface area (Å²) >= 11 is 0. The summed E-state index contributed by atoms with van der Waals surface area (Å²) in [4.78, 5) is 22.4. The highest BCUT2D eigenvalue weighted by Crippen LogP contribution is 2.19. The standard InChI is InChI=1S/C17H23N5O/c1-12-5-6-13(2)15(9-12)21-17-19-10-14(11-20-17)16(23)18-7-8-22(3)4/h5-6,9-11H,7-8H2,1-4H3,(H,18,23)(H,19,20,21). The van der Waals surface area contributed by atoms with Crippen molar-refractivity contribution in [1.29, 1.82) is 0 Å². The Bertz CT molecular complexity index is 667. The summed E-state index contributed by atoms with van der Waals surface area (Å²) in [5.74, 6) is 0.314. The van der Waals surface area contributed by atoms with E-state index in [1.54, 1.807) is 0 Å². The minimum absolute atomic E-state index is 0.162. The van der Waals surface area contributed by atoms with Gasteiger partial charge in [0.05, 0.1) is 5.56 Å². The summed E-state index contributed by atoms with van der Waals surface area (Å²) in [5, 5.41) is 6.01. The number of carbonyl (C=O) groups is 1. The lowest BCUT2D eigenvalue weighted by Crippen LogP contribution is -2.31. The van der Waals surface area contributed by atoms with E-state index in [-0.39, 0.29) is 5.91 Å². The van der Waals surface area contributed by atoms with Crippen LogP contribution in [-0.2, 0) is 0 Å². The van der Waals surface area contributed by atoms with Crippen LogP contribution in [0, 0.1) is 13.8 Å². The molecule has 1 aromatic heterocycles. The molecule has 1 heterocycles. The normalized spacial score (nSPS) is 10.7. The van der Waals surface area contributed by atoms with Gasteiger partial charge < -0.3 is 15.5 Å². The molecule has 0 bridgehead atoms. The number of anilines is 2. The summed E-state index contributed by atoms with van der Waals surface area (Å²) in [6.45, 7) is 5.44. The van der Waals surface area contributed by atoms with Crippen LogP contribution in [-0.4, -0.2) is 48.0 Å². The Labute approximate surface area is 137 Å². The van der Waals surface area contributed by atoms with Gasteiger partial charge in [0.15, 0.2) is 0 Å². The van der Waals surface area contributed by atoms with E-state index in [2.05, 4.69) is 26.7 Å². The van der Waals surface area contributed by atoms with Crippen molar-refractivity contribution in [3.63, 3.8) is 0 Å². The molecule has 2 aromatic rings. The van der Waals surface area contributed by atoms with Crippen molar-refractivity contribution >= 4 is 17.5 Å². The van der Waals surface area contributed by atoms with Crippen molar-refractivity contribution in [2.24, 2.45) is 0 Å². The van der Waals surface area contributed by atoms with Crippen LogP contribution in [0.1, 0.15) is 21.5 Å². The second kappa shape index (κ2) is 7.69. The molecule has 0 aliphatic rings. The van der Waals surface area contributed by atoms with Crippen LogP contribution in [0.3, 0.4) is 0 Å². The Kier molecular flexibility index (Phi) is 5.65. The van der Waals surface area contributed by atoms with Crippen molar-refractivity contribution in [3.8, 4) is 0 Å². The maximum absolute atomic E-state index is 12.0. The van der Waals surface area contributed by atoms with Gasteiger partial charge in [0.1, 0.15) is 0 Å². The van der Waals surface area contributed by atoms with E-state index in [0.717, 1.165) is 23.4 Å². The zero-order valence-corrected chi connectivity index (χ0v) is 14.1. The second-order valence-electron chi connectivity index (χ2n) is 5.80. The van der Waals surface area contributed by atoms with Gasteiger partial charge in [-0.1, -0.05) is 12.1 Å². The molecule has 0 aliphatic carbocycles. The van der Waals surface area contributed by atoms with E-state index >= 15 is 0 Å². The molecular formula is C17H23N5O. The van der Waals surface area contributed by atoms with Gasteiger partial charge in [-0.25, -0.2) is 9.97 Å². The van der Waals surface area contributed by atoms with Crippen LogP contribution < -0.4 is 10.6 Å². The molecule has 0 saturated carbocycles. The van der Waals surface area contributed by atoms with Gasteiger partial charge >= 0.3 is 0 Å². The molecule has 2 rings (SSSR count). The van der Waals surface area contributed by atoms with E-state index in [9.17, 15) is 4.79 Å². The number of likely N-dealkylation sites (N-methyl/N-ethyl adjacent to an activating group) is 1. The first-order valence-corrected chi connectivity index (χ1v) is 7.55. The van der Waals surface area contributed by atoms with E-state index < -0.39 is 0 Å². The van der Waals surface area contributed by atoms with E-state index in [1.165, 1.54) is 12.4 Å². The number of aryl methyl sites for hydroxylation is 2. The number of benzene rings is 1. The van der Waals surface area contributed by atoms with E-state index in [1.807, 2.05) is 45.0 Å². The first-order valence-electron chi connectivity index (χ1n) is 7.55. The molecule has 6 nitrogen and oxygen atoms in total. The third-order valence-corrected chi connectivity index (χ3v) is 3.40. The third kappa shape index (κ3) is 5.03. The fraction of sp³-hybridized carbons (Fsp3) is 0.353. The largest absolute Gasteiger partial charge is 0.351 e. The van der Waals surface area contributed by atoms with Crippen LogP contribution >= 0.6 is 0 Å². The number of carbonyl (C=O) groups excluding carboxylic acids is 1. The number of nitrogens with zero attached hydrogens (tertiary/aromatic N) is 3.